The van der Waals surface area contributed by atoms with Gasteiger partial charge in [-0.15, -0.1) is 0 Å². The molecular weight excluding hydrogens is 236 g/mol. The molecule has 0 saturated heterocycles. The molecule has 0 bridgehead atoms. The Morgan fingerprint density at radius 2 is 1.78 bits per heavy atom. The molecule has 108 valence electrons. The summed E-state index contributed by atoms with van der Waals surface area (Å²) in [5.41, 5.74) is 4.58. The van der Waals surface area contributed by atoms with E-state index in [0.29, 0.717) is 0 Å². The maximum absolute atomic E-state index is 11.3. The van der Waals surface area contributed by atoms with Crippen LogP contribution in [0.25, 0.3) is 0 Å². The van der Waals surface area contributed by atoms with Crippen molar-refractivity contribution in [2.75, 3.05) is 13.2 Å². The Morgan fingerprint density at radius 3 is 2.17 bits per heavy atom. The van der Waals surface area contributed by atoms with Crippen LogP contribution in [0.2, 0.25) is 0 Å². The Balaban J connectivity index is 0. The molecule has 0 heterocycles. The lowest BCUT2D eigenvalue weighted by Gasteiger charge is -2.21. The first kappa shape index (κ1) is 19.0. The lowest BCUT2D eigenvalue weighted by atomic mass is 10.2. The number of alkyl carbamates (subject to hydrolysis) is 1. The first-order valence-corrected chi connectivity index (χ1v) is 6.12. The number of nitrogens with one attached hydrogen (secondary N) is 1. The van der Waals surface area contributed by atoms with Crippen LogP contribution in [0.15, 0.2) is 0 Å². The molecule has 0 aromatic rings. The summed E-state index contributed by atoms with van der Waals surface area (Å²) in [5.74, 6) is -0.531. The van der Waals surface area contributed by atoms with E-state index in [1.807, 2.05) is 13.8 Å². The number of carbonyl (C=O) groups is 2. The van der Waals surface area contributed by atoms with Crippen LogP contribution in [-0.4, -0.2) is 36.9 Å². The topological polar surface area (TPSA) is 90.6 Å². The second kappa shape index (κ2) is 9.70. The Bertz CT molecular complexity index is 249. The van der Waals surface area contributed by atoms with E-state index in [2.05, 4.69) is 5.32 Å². The molecule has 0 spiro atoms. The predicted octanol–water partition coefficient (Wildman–Crippen LogP) is 1.43. The molecule has 0 radical (unpaired) electrons. The van der Waals surface area contributed by atoms with Crippen LogP contribution in [0.3, 0.4) is 0 Å². The third-order valence-electron chi connectivity index (χ3n) is 1.45. The smallest absolute Gasteiger partial charge is 0.408 e. The molecule has 0 saturated carbocycles. The van der Waals surface area contributed by atoms with Gasteiger partial charge in [0.1, 0.15) is 18.2 Å². The summed E-state index contributed by atoms with van der Waals surface area (Å²) < 4.78 is 9.73. The van der Waals surface area contributed by atoms with Gasteiger partial charge in [-0.05, 0) is 27.7 Å². The van der Waals surface area contributed by atoms with Crippen LogP contribution < -0.4 is 11.1 Å². The van der Waals surface area contributed by atoms with E-state index in [1.165, 1.54) is 6.92 Å². The molecule has 0 aliphatic heterocycles. The zero-order chi connectivity index (χ0) is 14.8. The van der Waals surface area contributed by atoms with E-state index in [0.717, 1.165) is 0 Å². The van der Waals surface area contributed by atoms with Gasteiger partial charge >= 0.3 is 12.1 Å². The standard InChI is InChI=1S/C10H20N2O4.C2H6/c1-7(8(13)15-6-5-11)12-9(14)16-10(2,3)4;1-2/h7H,5-6,11H2,1-4H3,(H,12,14);1-2H3/t7-;/m0./s1. The number of rotatable bonds is 4. The highest BCUT2D eigenvalue weighted by Gasteiger charge is 2.21. The number of carbonyl (C=O) groups excluding carboxylic acids is 2. The van der Waals surface area contributed by atoms with Crippen molar-refractivity contribution in [3.8, 4) is 0 Å². The van der Waals surface area contributed by atoms with Crippen molar-refractivity contribution < 1.29 is 19.1 Å². The minimum Gasteiger partial charge on any atom is -0.463 e. The summed E-state index contributed by atoms with van der Waals surface area (Å²) in [7, 11) is 0. The van der Waals surface area contributed by atoms with Gasteiger partial charge in [-0.3, -0.25) is 0 Å². The highest BCUT2D eigenvalue weighted by Crippen LogP contribution is 2.06. The van der Waals surface area contributed by atoms with Gasteiger partial charge in [-0.2, -0.15) is 0 Å². The third kappa shape index (κ3) is 11.2. The van der Waals surface area contributed by atoms with E-state index >= 15 is 0 Å². The van der Waals surface area contributed by atoms with Crippen molar-refractivity contribution in [2.45, 2.75) is 53.2 Å². The van der Waals surface area contributed by atoms with E-state index in [-0.39, 0.29) is 13.2 Å². The van der Waals surface area contributed by atoms with E-state index < -0.39 is 23.7 Å². The van der Waals surface area contributed by atoms with Crippen LogP contribution >= 0.6 is 0 Å². The zero-order valence-electron chi connectivity index (χ0n) is 12.2. The molecule has 1 atom stereocenters. The Hall–Kier alpha value is -1.30. The highest BCUT2D eigenvalue weighted by atomic mass is 16.6. The van der Waals surface area contributed by atoms with Crippen molar-refractivity contribution in [2.24, 2.45) is 5.73 Å². The molecule has 6 heteroatoms. The average molecular weight is 262 g/mol. The Morgan fingerprint density at radius 1 is 1.28 bits per heavy atom. The maximum atomic E-state index is 11.3. The first-order chi connectivity index (χ1) is 8.26. The van der Waals surface area contributed by atoms with Gasteiger partial charge in [0.15, 0.2) is 0 Å². The first-order valence-electron chi connectivity index (χ1n) is 6.12. The summed E-state index contributed by atoms with van der Waals surface area (Å²) >= 11 is 0. The van der Waals surface area contributed by atoms with Crippen LogP contribution in [0.1, 0.15) is 41.5 Å². The number of ether oxygens (including phenoxy) is 2. The highest BCUT2D eigenvalue weighted by molar-refractivity contribution is 5.80. The predicted molar refractivity (Wildman–Crippen MR) is 70.2 cm³/mol. The Labute approximate surface area is 109 Å². The fraction of sp³-hybridized carbons (Fsp3) is 0.833. The second-order valence-corrected chi connectivity index (χ2v) is 4.32. The molecule has 0 aliphatic carbocycles. The minimum absolute atomic E-state index is 0.138. The molecule has 0 aromatic heterocycles. The summed E-state index contributed by atoms with van der Waals surface area (Å²) in [6.45, 7) is 11.1. The number of hydrogen-bond donors (Lipinski definition) is 2. The van der Waals surface area contributed by atoms with Gasteiger partial charge in [0.05, 0.1) is 0 Å². The number of esters is 1. The van der Waals surface area contributed by atoms with Crippen molar-refractivity contribution in [3.05, 3.63) is 0 Å². The zero-order valence-corrected chi connectivity index (χ0v) is 12.2. The van der Waals surface area contributed by atoms with Crippen molar-refractivity contribution in [1.82, 2.24) is 5.32 Å². The van der Waals surface area contributed by atoms with Gasteiger partial charge in [0, 0.05) is 6.54 Å². The molecule has 0 unspecified atom stereocenters. The number of hydrogen-bond acceptors (Lipinski definition) is 5. The van der Waals surface area contributed by atoms with E-state index in [9.17, 15) is 9.59 Å². The quantitative estimate of drug-likeness (QED) is 0.748. The van der Waals surface area contributed by atoms with Crippen LogP contribution in [0.4, 0.5) is 4.79 Å². The molecule has 0 rings (SSSR count). The molecule has 6 nitrogen and oxygen atoms in total. The summed E-state index contributed by atoms with van der Waals surface area (Å²) in [4.78, 5) is 22.5. The monoisotopic (exact) mass is 262 g/mol. The number of amides is 1. The SMILES string of the molecule is CC.C[C@H](NC(=O)OC(C)(C)C)C(=O)OCCN. The van der Waals surface area contributed by atoms with Crippen LogP contribution in [0.5, 0.6) is 0 Å². The summed E-state index contributed by atoms with van der Waals surface area (Å²) in [6, 6.07) is -0.749. The van der Waals surface area contributed by atoms with Crippen LogP contribution in [0, 0.1) is 0 Å². The lowest BCUT2D eigenvalue weighted by Crippen LogP contribution is -2.42. The largest absolute Gasteiger partial charge is 0.463 e. The van der Waals surface area contributed by atoms with Crippen molar-refractivity contribution >= 4 is 12.1 Å². The third-order valence-corrected chi connectivity index (χ3v) is 1.45. The van der Waals surface area contributed by atoms with Gasteiger partial charge < -0.3 is 20.5 Å². The second-order valence-electron chi connectivity index (χ2n) is 4.32. The fourth-order valence-electron chi connectivity index (χ4n) is 0.828. The van der Waals surface area contributed by atoms with Crippen molar-refractivity contribution in [1.29, 1.82) is 0 Å². The fourth-order valence-corrected chi connectivity index (χ4v) is 0.828. The van der Waals surface area contributed by atoms with Crippen molar-refractivity contribution in [3.63, 3.8) is 0 Å². The van der Waals surface area contributed by atoms with E-state index in [1.54, 1.807) is 20.8 Å². The van der Waals surface area contributed by atoms with Gasteiger partial charge in [0.2, 0.25) is 0 Å². The van der Waals surface area contributed by atoms with Gasteiger partial charge in [0.25, 0.3) is 0 Å². The van der Waals surface area contributed by atoms with Gasteiger partial charge in [-0.1, -0.05) is 13.8 Å². The molecular formula is C12H26N2O4. The lowest BCUT2D eigenvalue weighted by molar-refractivity contribution is -0.145. The molecule has 18 heavy (non-hydrogen) atoms. The minimum atomic E-state index is -0.749. The van der Waals surface area contributed by atoms with E-state index in [4.69, 9.17) is 15.2 Å². The molecule has 0 aromatic carbocycles. The molecule has 0 fully saturated rings. The number of nitrogens with two attached hydrogens (primary N) is 1. The summed E-state index contributed by atoms with van der Waals surface area (Å²) in [5, 5.41) is 2.37. The summed E-state index contributed by atoms with van der Waals surface area (Å²) in [6.07, 6.45) is -0.648. The van der Waals surface area contributed by atoms with Crippen LogP contribution in [-0.2, 0) is 14.3 Å². The molecule has 3 N–H and O–H groups in total. The normalized spacial score (nSPS) is 11.7. The maximum Gasteiger partial charge on any atom is 0.408 e. The van der Waals surface area contributed by atoms with Gasteiger partial charge in [-0.25, -0.2) is 9.59 Å². The molecule has 1 amide bonds. The Kier molecular flexibility index (Phi) is 10.3. The average Bonchev–Trinajstić information content (AvgIpc) is 2.25. The molecule has 0 aliphatic rings.